The Morgan fingerprint density at radius 1 is 1.26 bits per heavy atom. The van der Waals surface area contributed by atoms with Gasteiger partial charge in [0.25, 0.3) is 0 Å². The minimum absolute atomic E-state index is 0.120. The molecule has 0 saturated carbocycles. The van der Waals surface area contributed by atoms with E-state index in [9.17, 15) is 19.5 Å². The molecule has 1 amide bonds. The summed E-state index contributed by atoms with van der Waals surface area (Å²) in [4.78, 5) is 35.9. The Bertz CT molecular complexity index is 829. The minimum atomic E-state index is -1.20. The zero-order chi connectivity index (χ0) is 16.7. The summed E-state index contributed by atoms with van der Waals surface area (Å²) in [7, 11) is 0. The van der Waals surface area contributed by atoms with E-state index in [1.807, 2.05) is 18.2 Å². The molecule has 0 radical (unpaired) electrons. The maximum atomic E-state index is 12.6. The van der Waals surface area contributed by atoms with Crippen LogP contribution in [0.5, 0.6) is 0 Å². The van der Waals surface area contributed by atoms with Gasteiger partial charge in [0.1, 0.15) is 6.04 Å². The maximum Gasteiger partial charge on any atom is 0.330 e. The Morgan fingerprint density at radius 3 is 2.65 bits per heavy atom. The molecule has 0 aliphatic carbocycles. The molecule has 2 aromatic rings. The van der Waals surface area contributed by atoms with Crippen molar-refractivity contribution < 1.29 is 24.6 Å². The number of hydrogen-bond acceptors (Lipinski definition) is 3. The van der Waals surface area contributed by atoms with Crippen LogP contribution < -0.4 is 0 Å². The van der Waals surface area contributed by atoms with Crippen LogP contribution in [0.2, 0.25) is 0 Å². The number of carbonyl (C=O) groups excluding carboxylic acids is 1. The highest BCUT2D eigenvalue weighted by Gasteiger charge is 2.37. The lowest BCUT2D eigenvalue weighted by atomic mass is 10.1. The van der Waals surface area contributed by atoms with Crippen molar-refractivity contribution >= 4 is 44.8 Å². The van der Waals surface area contributed by atoms with Gasteiger partial charge in [0.05, 0.1) is 12.1 Å². The standard InChI is InChI=1S/C15H13BrN2O5/c16-9-1-2-11-8(5-9)6-10-7-17(15(23)18(10)11)12(14(21)22)3-4-13(19)20/h1-2,5-6,12H,3-4,7H2,(H,19,20)(H,21,22). The molecular weight excluding hydrogens is 368 g/mol. The van der Waals surface area contributed by atoms with Crippen molar-refractivity contribution in [1.82, 2.24) is 9.47 Å². The fourth-order valence-corrected chi connectivity index (χ4v) is 3.25. The van der Waals surface area contributed by atoms with Crippen molar-refractivity contribution in [2.45, 2.75) is 25.4 Å². The van der Waals surface area contributed by atoms with E-state index in [0.29, 0.717) is 11.2 Å². The Labute approximate surface area is 139 Å². The molecule has 0 spiro atoms. The summed E-state index contributed by atoms with van der Waals surface area (Å²) < 4.78 is 2.38. The molecule has 1 aliphatic rings. The lowest BCUT2D eigenvalue weighted by Crippen LogP contribution is -2.42. The van der Waals surface area contributed by atoms with Gasteiger partial charge in [0, 0.05) is 22.0 Å². The van der Waals surface area contributed by atoms with E-state index in [-0.39, 0.29) is 19.4 Å². The number of hydrogen-bond donors (Lipinski definition) is 2. The highest BCUT2D eigenvalue weighted by Crippen LogP contribution is 2.30. The van der Waals surface area contributed by atoms with Crippen molar-refractivity contribution in [3.63, 3.8) is 0 Å². The van der Waals surface area contributed by atoms with Gasteiger partial charge in [0.15, 0.2) is 0 Å². The zero-order valence-corrected chi connectivity index (χ0v) is 13.5. The van der Waals surface area contributed by atoms with Gasteiger partial charge in [-0.3, -0.25) is 9.36 Å². The number of halogens is 1. The van der Waals surface area contributed by atoms with E-state index < -0.39 is 24.0 Å². The van der Waals surface area contributed by atoms with Crippen LogP contribution in [0.4, 0.5) is 4.79 Å². The molecule has 0 bridgehead atoms. The number of carbonyl (C=O) groups is 3. The van der Waals surface area contributed by atoms with Crippen LogP contribution in [0.25, 0.3) is 10.9 Å². The second-order valence-electron chi connectivity index (χ2n) is 5.37. The second kappa shape index (κ2) is 5.69. The van der Waals surface area contributed by atoms with Crippen molar-refractivity contribution in [2.75, 3.05) is 0 Å². The molecule has 1 unspecified atom stereocenters. The number of carboxylic acid groups (broad SMARTS) is 2. The largest absolute Gasteiger partial charge is 0.481 e. The van der Waals surface area contributed by atoms with Gasteiger partial charge in [-0.1, -0.05) is 15.9 Å². The molecule has 2 N–H and O–H groups in total. The summed E-state index contributed by atoms with van der Waals surface area (Å²) in [6, 6.07) is 5.74. The van der Waals surface area contributed by atoms with Crippen molar-refractivity contribution in [3.05, 3.63) is 34.4 Å². The molecule has 7 nitrogen and oxygen atoms in total. The predicted molar refractivity (Wildman–Crippen MR) is 84.3 cm³/mol. The Balaban J connectivity index is 1.93. The molecule has 1 aromatic heterocycles. The van der Waals surface area contributed by atoms with Crippen LogP contribution in [-0.4, -0.2) is 43.7 Å². The first-order valence-electron chi connectivity index (χ1n) is 6.94. The van der Waals surface area contributed by atoms with Crippen molar-refractivity contribution in [1.29, 1.82) is 0 Å². The molecule has 23 heavy (non-hydrogen) atoms. The van der Waals surface area contributed by atoms with E-state index in [1.54, 1.807) is 6.07 Å². The van der Waals surface area contributed by atoms with E-state index >= 15 is 0 Å². The number of carboxylic acids is 2. The highest BCUT2D eigenvalue weighted by atomic mass is 79.9. The fraction of sp³-hybridized carbons (Fsp3) is 0.267. The Morgan fingerprint density at radius 2 is 2.00 bits per heavy atom. The first kappa shape index (κ1) is 15.5. The third-order valence-corrected chi connectivity index (χ3v) is 4.40. The van der Waals surface area contributed by atoms with Crippen LogP contribution in [0.15, 0.2) is 28.7 Å². The van der Waals surface area contributed by atoms with Gasteiger partial charge in [-0.2, -0.15) is 0 Å². The molecule has 2 heterocycles. The van der Waals surface area contributed by atoms with Gasteiger partial charge in [-0.05, 0) is 30.7 Å². The number of rotatable bonds is 5. The monoisotopic (exact) mass is 380 g/mol. The Hall–Kier alpha value is -2.35. The third kappa shape index (κ3) is 2.70. The van der Waals surface area contributed by atoms with Crippen LogP contribution in [0, 0.1) is 0 Å². The molecule has 1 aliphatic heterocycles. The Kier molecular flexibility index (Phi) is 3.85. The van der Waals surface area contributed by atoms with Crippen LogP contribution in [-0.2, 0) is 16.1 Å². The number of nitrogens with zero attached hydrogens (tertiary/aromatic N) is 2. The summed E-state index contributed by atoms with van der Waals surface area (Å²) in [5.41, 5.74) is 1.41. The minimum Gasteiger partial charge on any atom is -0.481 e. The topological polar surface area (TPSA) is 99.8 Å². The van der Waals surface area contributed by atoms with E-state index in [1.165, 1.54) is 9.47 Å². The molecular formula is C15H13BrN2O5. The highest BCUT2D eigenvalue weighted by molar-refractivity contribution is 9.10. The van der Waals surface area contributed by atoms with E-state index in [4.69, 9.17) is 5.11 Å². The van der Waals surface area contributed by atoms with Gasteiger partial charge < -0.3 is 15.1 Å². The van der Waals surface area contributed by atoms with Crippen LogP contribution in [0.3, 0.4) is 0 Å². The van der Waals surface area contributed by atoms with Gasteiger partial charge in [0.2, 0.25) is 0 Å². The zero-order valence-electron chi connectivity index (χ0n) is 11.9. The van der Waals surface area contributed by atoms with Gasteiger partial charge >= 0.3 is 18.0 Å². The first-order valence-corrected chi connectivity index (χ1v) is 7.73. The number of amides is 1. The van der Waals surface area contributed by atoms with E-state index in [0.717, 1.165) is 9.86 Å². The number of benzene rings is 1. The first-order chi connectivity index (χ1) is 10.9. The maximum absolute atomic E-state index is 12.6. The quantitative estimate of drug-likeness (QED) is 0.829. The number of aliphatic carboxylic acids is 2. The molecule has 1 aromatic carbocycles. The summed E-state index contributed by atoms with van der Waals surface area (Å²) in [6.07, 6.45) is -0.423. The van der Waals surface area contributed by atoms with Gasteiger partial charge in [-0.25, -0.2) is 9.59 Å². The molecule has 1 atom stereocenters. The van der Waals surface area contributed by atoms with Crippen LogP contribution in [0.1, 0.15) is 18.5 Å². The number of aromatic nitrogens is 1. The summed E-state index contributed by atoms with van der Waals surface area (Å²) >= 11 is 3.37. The summed E-state index contributed by atoms with van der Waals surface area (Å²) in [6.45, 7) is 0.154. The van der Waals surface area contributed by atoms with Gasteiger partial charge in [-0.15, -0.1) is 0 Å². The molecule has 0 saturated heterocycles. The third-order valence-electron chi connectivity index (χ3n) is 3.90. The van der Waals surface area contributed by atoms with Crippen LogP contribution >= 0.6 is 15.9 Å². The fourth-order valence-electron chi connectivity index (χ4n) is 2.87. The summed E-state index contributed by atoms with van der Waals surface area (Å²) in [5.74, 6) is -2.28. The smallest absolute Gasteiger partial charge is 0.330 e. The molecule has 8 heteroatoms. The molecule has 3 rings (SSSR count). The SMILES string of the molecule is O=C(O)CCC(C(=O)O)N1Cc2cc3cc(Br)ccc3n2C1=O. The van der Waals surface area contributed by atoms with Crippen molar-refractivity contribution in [3.8, 4) is 0 Å². The molecule has 120 valence electrons. The average molecular weight is 381 g/mol. The normalized spacial score (nSPS) is 15.0. The predicted octanol–water partition coefficient (Wildman–Crippen LogP) is 2.51. The van der Waals surface area contributed by atoms with E-state index in [2.05, 4.69) is 15.9 Å². The van der Waals surface area contributed by atoms with Crippen molar-refractivity contribution in [2.24, 2.45) is 0 Å². The second-order valence-corrected chi connectivity index (χ2v) is 6.29. The number of fused-ring (bicyclic) bond motifs is 3. The average Bonchev–Trinajstić information content (AvgIpc) is 2.95. The lowest BCUT2D eigenvalue weighted by molar-refractivity contribution is -0.143. The summed E-state index contributed by atoms with van der Waals surface area (Å²) in [5, 5.41) is 19.0. The lowest BCUT2D eigenvalue weighted by Gasteiger charge is -2.23. The molecule has 0 fully saturated rings.